The van der Waals surface area contributed by atoms with Gasteiger partial charge in [-0.05, 0) is 43.5 Å². The van der Waals surface area contributed by atoms with Gasteiger partial charge in [0.05, 0.1) is 35.2 Å². The van der Waals surface area contributed by atoms with Gasteiger partial charge in [0.2, 0.25) is 5.95 Å². The molecule has 3 aromatic rings. The molecule has 0 unspecified atom stereocenters. The van der Waals surface area contributed by atoms with Crippen LogP contribution >= 0.6 is 0 Å². The van der Waals surface area contributed by atoms with E-state index in [2.05, 4.69) is 30.6 Å². The summed E-state index contributed by atoms with van der Waals surface area (Å²) in [5, 5.41) is 6.47. The average Bonchev–Trinajstić information content (AvgIpc) is 3.38. The van der Waals surface area contributed by atoms with Gasteiger partial charge in [-0.25, -0.2) is 15.0 Å². The lowest BCUT2D eigenvalue weighted by atomic mass is 10.2. The fraction of sp³-hybridized carbons (Fsp3) is 0.318. The summed E-state index contributed by atoms with van der Waals surface area (Å²) < 4.78 is 37.9. The Balaban J connectivity index is 1.16. The zero-order valence-corrected chi connectivity index (χ0v) is 17.4. The number of hydrogen-bond donors (Lipinski definition) is 2. The van der Waals surface area contributed by atoms with Crippen LogP contribution in [0.4, 0.5) is 30.6 Å². The molecule has 170 valence electrons. The number of halogens is 3. The topological polar surface area (TPSA) is 95.9 Å². The first-order chi connectivity index (χ1) is 15.9. The molecular weight excluding hydrogens is 435 g/mol. The minimum absolute atomic E-state index is 0.0479. The lowest BCUT2D eigenvalue weighted by Crippen LogP contribution is -2.24. The van der Waals surface area contributed by atoms with E-state index in [1.54, 1.807) is 29.4 Å². The Labute approximate surface area is 187 Å². The standard InChI is InChI=1S/C22H20F3N7O/c23-22(24,25)13-9-28-21(29-10-13)31-15-4-3-14(8-15)30-19-6-5-16(11-27-19)32-12-18-17(20(32)33)2-1-7-26-18/h1-2,5-7,9-11,14-15H,3-4,8,12H2,(H,27,30)(H,28,29,31)/t14-,15-/m0/s1. The number of anilines is 3. The lowest BCUT2D eigenvalue weighted by molar-refractivity contribution is -0.138. The first-order valence-electron chi connectivity index (χ1n) is 10.5. The van der Waals surface area contributed by atoms with E-state index in [-0.39, 0.29) is 23.9 Å². The summed E-state index contributed by atoms with van der Waals surface area (Å²) in [5.41, 5.74) is 1.20. The number of carbonyl (C=O) groups is 1. The first kappa shape index (κ1) is 21.1. The second-order valence-electron chi connectivity index (χ2n) is 8.08. The van der Waals surface area contributed by atoms with E-state index in [1.165, 1.54) is 0 Å². The number of alkyl halides is 3. The van der Waals surface area contributed by atoms with Crippen LogP contribution in [0.25, 0.3) is 0 Å². The smallest absolute Gasteiger partial charge is 0.367 e. The molecule has 8 nitrogen and oxygen atoms in total. The number of carbonyl (C=O) groups excluding carboxylic acids is 1. The molecule has 1 aliphatic carbocycles. The van der Waals surface area contributed by atoms with E-state index in [1.807, 2.05) is 12.1 Å². The van der Waals surface area contributed by atoms with Crippen LogP contribution in [-0.4, -0.2) is 37.9 Å². The lowest BCUT2D eigenvalue weighted by Gasteiger charge is -2.17. The predicted molar refractivity (Wildman–Crippen MR) is 115 cm³/mol. The summed E-state index contributed by atoms with van der Waals surface area (Å²) in [4.78, 5) is 30.5. The van der Waals surface area contributed by atoms with E-state index in [0.717, 1.165) is 37.4 Å². The third-order valence-electron chi connectivity index (χ3n) is 5.83. The second kappa shape index (κ2) is 8.30. The number of aromatic nitrogens is 4. The van der Waals surface area contributed by atoms with E-state index >= 15 is 0 Å². The van der Waals surface area contributed by atoms with Gasteiger partial charge in [0, 0.05) is 30.7 Å². The summed E-state index contributed by atoms with van der Waals surface area (Å²) in [5.74, 6) is 0.787. The van der Waals surface area contributed by atoms with Gasteiger partial charge in [-0.1, -0.05) is 0 Å². The summed E-state index contributed by atoms with van der Waals surface area (Å²) in [7, 11) is 0. The van der Waals surface area contributed by atoms with Crippen molar-refractivity contribution in [2.45, 2.75) is 44.1 Å². The van der Waals surface area contributed by atoms with Crippen molar-refractivity contribution in [3.8, 4) is 0 Å². The Bertz CT molecular complexity index is 1150. The van der Waals surface area contributed by atoms with E-state index in [4.69, 9.17) is 0 Å². The van der Waals surface area contributed by atoms with Crippen LogP contribution in [0.1, 0.15) is 40.9 Å². The van der Waals surface area contributed by atoms with Crippen LogP contribution in [0.3, 0.4) is 0 Å². The Morgan fingerprint density at radius 3 is 2.36 bits per heavy atom. The van der Waals surface area contributed by atoms with Crippen molar-refractivity contribution in [3.63, 3.8) is 0 Å². The van der Waals surface area contributed by atoms with Crippen LogP contribution in [0.5, 0.6) is 0 Å². The van der Waals surface area contributed by atoms with Gasteiger partial charge in [0.15, 0.2) is 0 Å². The number of nitrogens with zero attached hydrogens (tertiary/aromatic N) is 5. The monoisotopic (exact) mass is 455 g/mol. The maximum Gasteiger partial charge on any atom is 0.419 e. The summed E-state index contributed by atoms with van der Waals surface area (Å²) in [6.07, 6.45) is 2.89. The third kappa shape index (κ3) is 4.43. The Kier molecular flexibility index (Phi) is 5.31. The van der Waals surface area contributed by atoms with Crippen molar-refractivity contribution in [2.75, 3.05) is 15.5 Å². The highest BCUT2D eigenvalue weighted by Gasteiger charge is 2.32. The quantitative estimate of drug-likeness (QED) is 0.603. The molecule has 1 amide bonds. The zero-order valence-electron chi connectivity index (χ0n) is 17.4. The molecule has 0 aromatic carbocycles. The van der Waals surface area contributed by atoms with Gasteiger partial charge < -0.3 is 15.5 Å². The van der Waals surface area contributed by atoms with Crippen molar-refractivity contribution in [3.05, 3.63) is 65.9 Å². The minimum Gasteiger partial charge on any atom is -0.367 e. The maximum atomic E-state index is 12.6. The van der Waals surface area contributed by atoms with Crippen molar-refractivity contribution >= 4 is 23.4 Å². The Hall–Kier alpha value is -3.76. The molecular formula is C22H20F3N7O. The normalized spacial score (nSPS) is 20.1. The molecule has 2 N–H and O–H groups in total. The molecule has 33 heavy (non-hydrogen) atoms. The molecule has 4 heterocycles. The van der Waals surface area contributed by atoms with Crippen LogP contribution in [0, 0.1) is 0 Å². The van der Waals surface area contributed by atoms with Crippen LogP contribution < -0.4 is 15.5 Å². The van der Waals surface area contributed by atoms with Gasteiger partial charge in [-0.3, -0.25) is 9.78 Å². The predicted octanol–water partition coefficient (Wildman–Crippen LogP) is 3.89. The zero-order chi connectivity index (χ0) is 23.0. The minimum atomic E-state index is -4.45. The Morgan fingerprint density at radius 1 is 0.939 bits per heavy atom. The van der Waals surface area contributed by atoms with Crippen molar-refractivity contribution in [1.29, 1.82) is 0 Å². The molecule has 2 atom stereocenters. The number of amides is 1. The van der Waals surface area contributed by atoms with Gasteiger partial charge in [0.25, 0.3) is 5.91 Å². The van der Waals surface area contributed by atoms with Gasteiger partial charge in [-0.15, -0.1) is 0 Å². The highest BCUT2D eigenvalue weighted by atomic mass is 19.4. The van der Waals surface area contributed by atoms with Crippen molar-refractivity contribution in [1.82, 2.24) is 19.9 Å². The summed E-state index contributed by atoms with van der Waals surface area (Å²) in [6.45, 7) is 0.422. The largest absolute Gasteiger partial charge is 0.419 e. The van der Waals surface area contributed by atoms with Crippen LogP contribution in [0.15, 0.2) is 49.1 Å². The third-order valence-corrected chi connectivity index (χ3v) is 5.83. The molecule has 11 heteroatoms. The second-order valence-corrected chi connectivity index (χ2v) is 8.08. The van der Waals surface area contributed by atoms with E-state index in [0.29, 0.717) is 23.6 Å². The molecule has 2 aliphatic rings. The number of hydrogen-bond acceptors (Lipinski definition) is 7. The molecule has 0 spiro atoms. The summed E-state index contributed by atoms with van der Waals surface area (Å²) in [6, 6.07) is 7.40. The molecule has 1 saturated carbocycles. The first-order valence-corrected chi connectivity index (χ1v) is 10.5. The number of nitrogens with one attached hydrogen (secondary N) is 2. The van der Waals surface area contributed by atoms with Gasteiger partial charge in [0.1, 0.15) is 5.82 Å². The Morgan fingerprint density at radius 2 is 1.70 bits per heavy atom. The molecule has 0 radical (unpaired) electrons. The molecule has 3 aromatic heterocycles. The van der Waals surface area contributed by atoms with Crippen molar-refractivity contribution in [2.24, 2.45) is 0 Å². The highest BCUT2D eigenvalue weighted by Crippen LogP contribution is 2.30. The molecule has 1 fully saturated rings. The number of rotatable bonds is 5. The number of pyridine rings is 2. The van der Waals surface area contributed by atoms with E-state index in [9.17, 15) is 18.0 Å². The van der Waals surface area contributed by atoms with Crippen molar-refractivity contribution < 1.29 is 18.0 Å². The van der Waals surface area contributed by atoms with Crippen LogP contribution in [-0.2, 0) is 12.7 Å². The fourth-order valence-electron chi connectivity index (χ4n) is 4.15. The summed E-state index contributed by atoms with van der Waals surface area (Å²) >= 11 is 0. The maximum absolute atomic E-state index is 12.6. The number of fused-ring (bicyclic) bond motifs is 1. The molecule has 1 aliphatic heterocycles. The fourth-order valence-corrected chi connectivity index (χ4v) is 4.15. The SMILES string of the molecule is O=C1c2cccnc2CN1c1ccc(N[C@H]2CC[C@H](Nc3ncc(C(F)(F)F)cn3)C2)nc1. The molecule has 0 saturated heterocycles. The average molecular weight is 455 g/mol. The van der Waals surface area contributed by atoms with Crippen LogP contribution in [0.2, 0.25) is 0 Å². The van der Waals surface area contributed by atoms with Gasteiger partial charge >= 0.3 is 6.18 Å². The molecule has 5 rings (SSSR count). The van der Waals surface area contributed by atoms with E-state index < -0.39 is 11.7 Å². The van der Waals surface area contributed by atoms with Gasteiger partial charge in [-0.2, -0.15) is 13.2 Å². The highest BCUT2D eigenvalue weighted by molar-refractivity contribution is 6.09. The molecule has 0 bridgehead atoms.